The molecular formula is C17H20FNO. The minimum atomic E-state index is -0.303. The summed E-state index contributed by atoms with van der Waals surface area (Å²) in [4.78, 5) is 0. The van der Waals surface area contributed by atoms with E-state index in [0.29, 0.717) is 11.3 Å². The van der Waals surface area contributed by atoms with Crippen LogP contribution in [-0.2, 0) is 6.42 Å². The van der Waals surface area contributed by atoms with E-state index in [4.69, 9.17) is 10.5 Å². The Balaban J connectivity index is 2.21. The second-order valence-electron chi connectivity index (χ2n) is 4.97. The Morgan fingerprint density at radius 1 is 1.15 bits per heavy atom. The highest BCUT2D eigenvalue weighted by atomic mass is 19.1. The molecular weight excluding hydrogens is 253 g/mol. The number of hydrogen-bond acceptors (Lipinski definition) is 2. The Hall–Kier alpha value is -1.87. The summed E-state index contributed by atoms with van der Waals surface area (Å²) in [6.07, 6.45) is 2.18. The highest BCUT2D eigenvalue weighted by molar-refractivity contribution is 5.40. The van der Waals surface area contributed by atoms with Crippen LogP contribution in [0.3, 0.4) is 0 Å². The largest absolute Gasteiger partial charge is 0.457 e. The van der Waals surface area contributed by atoms with Gasteiger partial charge in [0.25, 0.3) is 0 Å². The molecule has 2 N–H and O–H groups in total. The number of benzene rings is 2. The minimum Gasteiger partial charge on any atom is -0.457 e. The molecule has 2 rings (SSSR count). The maximum atomic E-state index is 13.3. The van der Waals surface area contributed by atoms with Gasteiger partial charge in [-0.05, 0) is 49.2 Å². The van der Waals surface area contributed by atoms with Gasteiger partial charge in [0, 0.05) is 11.6 Å². The van der Waals surface area contributed by atoms with E-state index in [1.807, 2.05) is 31.2 Å². The van der Waals surface area contributed by atoms with E-state index in [1.54, 1.807) is 6.07 Å². The fourth-order valence-electron chi connectivity index (χ4n) is 2.11. The molecule has 2 aromatic carbocycles. The number of aryl methyl sites for hydroxylation is 1. The standard InChI is InChI=1S/C17H20FNO/c1-3-4-13-5-8-15(9-6-13)20-17-10-7-14(18)11-16(17)12(2)19/h5-12H,3-4,19H2,1-2H3/t12-/m1/s1. The fourth-order valence-corrected chi connectivity index (χ4v) is 2.11. The third kappa shape index (κ3) is 3.58. The molecule has 0 aliphatic carbocycles. The van der Waals surface area contributed by atoms with Crippen molar-refractivity contribution in [2.24, 2.45) is 5.73 Å². The second kappa shape index (κ2) is 6.53. The second-order valence-corrected chi connectivity index (χ2v) is 4.97. The molecule has 0 aromatic heterocycles. The summed E-state index contributed by atoms with van der Waals surface area (Å²) in [6.45, 7) is 3.96. The average molecular weight is 273 g/mol. The van der Waals surface area contributed by atoms with E-state index >= 15 is 0 Å². The summed E-state index contributed by atoms with van der Waals surface area (Å²) in [6, 6.07) is 12.1. The predicted molar refractivity (Wildman–Crippen MR) is 79.5 cm³/mol. The molecule has 2 aromatic rings. The maximum absolute atomic E-state index is 13.3. The zero-order valence-corrected chi connectivity index (χ0v) is 11.9. The van der Waals surface area contributed by atoms with Crippen molar-refractivity contribution >= 4 is 0 Å². The van der Waals surface area contributed by atoms with Crippen molar-refractivity contribution in [1.82, 2.24) is 0 Å². The third-order valence-corrected chi connectivity index (χ3v) is 3.15. The quantitative estimate of drug-likeness (QED) is 0.864. The van der Waals surface area contributed by atoms with Gasteiger partial charge in [-0.1, -0.05) is 25.5 Å². The summed E-state index contributed by atoms with van der Waals surface area (Å²) in [5.41, 5.74) is 7.81. The molecule has 0 radical (unpaired) electrons. The number of nitrogens with two attached hydrogens (primary N) is 1. The summed E-state index contributed by atoms with van der Waals surface area (Å²) < 4.78 is 19.1. The smallest absolute Gasteiger partial charge is 0.132 e. The van der Waals surface area contributed by atoms with E-state index in [1.165, 1.54) is 17.7 Å². The number of hydrogen-bond donors (Lipinski definition) is 1. The van der Waals surface area contributed by atoms with Gasteiger partial charge in [0.15, 0.2) is 0 Å². The SMILES string of the molecule is CCCc1ccc(Oc2ccc(F)cc2[C@@H](C)N)cc1. The number of rotatable bonds is 5. The maximum Gasteiger partial charge on any atom is 0.132 e. The third-order valence-electron chi connectivity index (χ3n) is 3.15. The highest BCUT2D eigenvalue weighted by Crippen LogP contribution is 2.29. The van der Waals surface area contributed by atoms with Crippen LogP contribution in [0.5, 0.6) is 11.5 Å². The van der Waals surface area contributed by atoms with Crippen molar-refractivity contribution < 1.29 is 9.13 Å². The van der Waals surface area contributed by atoms with Crippen molar-refractivity contribution in [3.8, 4) is 11.5 Å². The summed E-state index contributed by atoms with van der Waals surface area (Å²) >= 11 is 0. The van der Waals surface area contributed by atoms with Crippen molar-refractivity contribution in [1.29, 1.82) is 0 Å². The Morgan fingerprint density at radius 3 is 2.45 bits per heavy atom. The van der Waals surface area contributed by atoms with Crippen LogP contribution in [0.15, 0.2) is 42.5 Å². The lowest BCUT2D eigenvalue weighted by molar-refractivity contribution is 0.469. The van der Waals surface area contributed by atoms with Gasteiger partial charge in [0.2, 0.25) is 0 Å². The molecule has 3 heteroatoms. The first-order chi connectivity index (χ1) is 9.60. The Bertz CT molecular complexity index is 564. The van der Waals surface area contributed by atoms with Crippen LogP contribution in [0.2, 0.25) is 0 Å². The molecule has 20 heavy (non-hydrogen) atoms. The lowest BCUT2D eigenvalue weighted by atomic mass is 10.1. The van der Waals surface area contributed by atoms with E-state index in [0.717, 1.165) is 18.6 Å². The molecule has 0 bridgehead atoms. The molecule has 0 spiro atoms. The molecule has 0 fully saturated rings. The van der Waals surface area contributed by atoms with Crippen LogP contribution in [0.25, 0.3) is 0 Å². The van der Waals surface area contributed by atoms with Gasteiger partial charge in [0.05, 0.1) is 0 Å². The van der Waals surface area contributed by atoms with Crippen molar-refractivity contribution in [3.05, 3.63) is 59.4 Å². The molecule has 0 aliphatic rings. The lowest BCUT2D eigenvalue weighted by Gasteiger charge is -2.14. The lowest BCUT2D eigenvalue weighted by Crippen LogP contribution is -2.07. The monoisotopic (exact) mass is 273 g/mol. The van der Waals surface area contributed by atoms with Crippen LogP contribution in [0.1, 0.15) is 37.4 Å². The Kier molecular flexibility index (Phi) is 4.74. The van der Waals surface area contributed by atoms with E-state index in [2.05, 4.69) is 6.92 Å². The van der Waals surface area contributed by atoms with Crippen molar-refractivity contribution in [2.75, 3.05) is 0 Å². The average Bonchev–Trinajstić information content (AvgIpc) is 2.43. The zero-order chi connectivity index (χ0) is 14.5. The molecule has 2 nitrogen and oxygen atoms in total. The summed E-state index contributed by atoms with van der Waals surface area (Å²) in [5.74, 6) is 1.03. The molecule has 0 saturated heterocycles. The predicted octanol–water partition coefficient (Wildman–Crippen LogP) is 4.59. The van der Waals surface area contributed by atoms with Gasteiger partial charge in [0.1, 0.15) is 17.3 Å². The summed E-state index contributed by atoms with van der Waals surface area (Å²) in [5, 5.41) is 0. The van der Waals surface area contributed by atoms with Gasteiger partial charge in [-0.25, -0.2) is 4.39 Å². The number of ether oxygens (including phenoxy) is 1. The van der Waals surface area contributed by atoms with E-state index in [9.17, 15) is 4.39 Å². The molecule has 0 aliphatic heterocycles. The van der Waals surface area contributed by atoms with Crippen LogP contribution in [0, 0.1) is 5.82 Å². The first-order valence-corrected chi connectivity index (χ1v) is 6.92. The van der Waals surface area contributed by atoms with E-state index < -0.39 is 0 Å². The first kappa shape index (κ1) is 14.5. The van der Waals surface area contributed by atoms with Crippen molar-refractivity contribution in [3.63, 3.8) is 0 Å². The molecule has 106 valence electrons. The minimum absolute atomic E-state index is 0.278. The van der Waals surface area contributed by atoms with Crippen molar-refractivity contribution in [2.45, 2.75) is 32.7 Å². The first-order valence-electron chi connectivity index (χ1n) is 6.92. The molecule has 0 heterocycles. The van der Waals surface area contributed by atoms with Gasteiger partial charge >= 0.3 is 0 Å². The normalized spacial score (nSPS) is 12.2. The van der Waals surface area contributed by atoms with Crippen LogP contribution < -0.4 is 10.5 Å². The Morgan fingerprint density at radius 2 is 1.85 bits per heavy atom. The van der Waals surface area contributed by atoms with Gasteiger partial charge < -0.3 is 10.5 Å². The highest BCUT2D eigenvalue weighted by Gasteiger charge is 2.10. The van der Waals surface area contributed by atoms with Crippen LogP contribution >= 0.6 is 0 Å². The van der Waals surface area contributed by atoms with Crippen LogP contribution in [-0.4, -0.2) is 0 Å². The van der Waals surface area contributed by atoms with Gasteiger partial charge in [-0.2, -0.15) is 0 Å². The van der Waals surface area contributed by atoms with Gasteiger partial charge in [-0.15, -0.1) is 0 Å². The topological polar surface area (TPSA) is 35.2 Å². The van der Waals surface area contributed by atoms with E-state index in [-0.39, 0.29) is 11.9 Å². The molecule has 0 saturated carbocycles. The summed E-state index contributed by atoms with van der Waals surface area (Å²) in [7, 11) is 0. The Labute approximate surface area is 119 Å². The fraction of sp³-hybridized carbons (Fsp3) is 0.294. The van der Waals surface area contributed by atoms with Gasteiger partial charge in [-0.3, -0.25) is 0 Å². The molecule has 0 amide bonds. The van der Waals surface area contributed by atoms with Crippen LogP contribution in [0.4, 0.5) is 4.39 Å². The molecule has 0 unspecified atom stereocenters. The zero-order valence-electron chi connectivity index (χ0n) is 11.9. The number of halogens is 1. The molecule has 1 atom stereocenters.